The molecule has 6 nitrogen and oxygen atoms in total. The smallest absolute Gasteiger partial charge is 0.328 e. The number of nitrogens with one attached hydrogen (secondary N) is 1. The number of carbonyl (C=O) groups excluding carboxylic acids is 2. The van der Waals surface area contributed by atoms with Gasteiger partial charge in [-0.2, -0.15) is 0 Å². The first kappa shape index (κ1) is 16.0. The van der Waals surface area contributed by atoms with Crippen LogP contribution in [0, 0.1) is 0 Å². The van der Waals surface area contributed by atoms with Crippen LogP contribution in [0.25, 0.3) is 0 Å². The number of hydrogen-bond acceptors (Lipinski definition) is 5. The minimum atomic E-state index is -0.779. The van der Waals surface area contributed by atoms with Gasteiger partial charge >= 0.3 is 5.97 Å². The van der Waals surface area contributed by atoms with E-state index in [-0.39, 0.29) is 18.9 Å². The minimum absolute atomic E-state index is 0.112. The van der Waals surface area contributed by atoms with E-state index in [0.29, 0.717) is 5.75 Å². The predicted octanol–water partition coefficient (Wildman–Crippen LogP) is 0.542. The zero-order valence-electron chi connectivity index (χ0n) is 11.8. The van der Waals surface area contributed by atoms with Gasteiger partial charge in [-0.15, -0.1) is 0 Å². The first-order valence-electron chi connectivity index (χ1n) is 6.10. The molecule has 0 bridgehead atoms. The van der Waals surface area contributed by atoms with Crippen molar-refractivity contribution < 1.29 is 23.8 Å². The third-order valence-electron chi connectivity index (χ3n) is 2.71. The van der Waals surface area contributed by atoms with Gasteiger partial charge in [0.25, 0.3) is 0 Å². The van der Waals surface area contributed by atoms with E-state index in [1.165, 1.54) is 14.2 Å². The molecule has 0 saturated heterocycles. The molecule has 20 heavy (non-hydrogen) atoms. The molecule has 0 aliphatic carbocycles. The molecule has 0 unspecified atom stereocenters. The van der Waals surface area contributed by atoms with Crippen LogP contribution in [0.2, 0.25) is 0 Å². The molecule has 0 saturated carbocycles. The number of carbonyl (C=O) groups is 2. The highest BCUT2D eigenvalue weighted by atomic mass is 16.5. The van der Waals surface area contributed by atoms with Gasteiger partial charge < -0.3 is 19.5 Å². The van der Waals surface area contributed by atoms with Gasteiger partial charge in [-0.3, -0.25) is 4.79 Å². The third-order valence-corrected chi connectivity index (χ3v) is 2.71. The van der Waals surface area contributed by atoms with Gasteiger partial charge in [-0.25, -0.2) is 4.79 Å². The number of benzene rings is 1. The Morgan fingerprint density at radius 3 is 2.50 bits per heavy atom. The Balaban J connectivity index is 2.84. The molecule has 1 aromatic rings. The standard InChI is InChI=1S/C14H19NO5/c1-18-9-13(16)15-11(14(17)20-3)8-10-6-4-5-7-12(10)19-2/h4-7,11H,8-9H2,1-3H3,(H,15,16)/t11-/m0/s1. The molecule has 0 spiro atoms. The quantitative estimate of drug-likeness (QED) is 0.738. The molecule has 0 radical (unpaired) electrons. The lowest BCUT2D eigenvalue weighted by Crippen LogP contribution is -2.44. The Bertz CT molecular complexity index is 461. The number of hydrogen-bond donors (Lipinski definition) is 1. The van der Waals surface area contributed by atoms with Gasteiger partial charge in [0, 0.05) is 13.5 Å². The number of ether oxygens (including phenoxy) is 3. The topological polar surface area (TPSA) is 73.9 Å². The van der Waals surface area contributed by atoms with Crippen LogP contribution in [0.4, 0.5) is 0 Å². The molecule has 1 aromatic carbocycles. The van der Waals surface area contributed by atoms with Crippen molar-refractivity contribution in [2.24, 2.45) is 0 Å². The molecular formula is C14H19NO5. The van der Waals surface area contributed by atoms with Crippen LogP contribution in [-0.4, -0.2) is 45.9 Å². The average molecular weight is 281 g/mol. The van der Waals surface area contributed by atoms with Crippen LogP contribution in [0.1, 0.15) is 5.56 Å². The molecule has 1 N–H and O–H groups in total. The minimum Gasteiger partial charge on any atom is -0.496 e. The highest BCUT2D eigenvalue weighted by Crippen LogP contribution is 2.19. The molecule has 0 heterocycles. The number of para-hydroxylation sites is 1. The van der Waals surface area contributed by atoms with E-state index in [1.807, 2.05) is 18.2 Å². The lowest BCUT2D eigenvalue weighted by molar-refractivity contribution is -0.145. The van der Waals surface area contributed by atoms with Gasteiger partial charge in [0.2, 0.25) is 5.91 Å². The highest BCUT2D eigenvalue weighted by Gasteiger charge is 2.23. The Labute approximate surface area is 118 Å². The lowest BCUT2D eigenvalue weighted by Gasteiger charge is -2.17. The molecule has 110 valence electrons. The normalized spacial score (nSPS) is 11.6. The maximum Gasteiger partial charge on any atom is 0.328 e. The van der Waals surface area contributed by atoms with Gasteiger partial charge in [-0.1, -0.05) is 18.2 Å². The summed E-state index contributed by atoms with van der Waals surface area (Å²) in [7, 11) is 4.24. The Hall–Kier alpha value is -2.08. The van der Waals surface area contributed by atoms with E-state index in [4.69, 9.17) is 14.2 Å². The van der Waals surface area contributed by atoms with Crippen molar-refractivity contribution in [3.63, 3.8) is 0 Å². The first-order valence-corrected chi connectivity index (χ1v) is 6.10. The third kappa shape index (κ3) is 4.55. The SMILES string of the molecule is COCC(=O)N[C@@H](Cc1ccccc1OC)C(=O)OC. The molecule has 0 aromatic heterocycles. The summed E-state index contributed by atoms with van der Waals surface area (Å²) >= 11 is 0. The molecular weight excluding hydrogens is 262 g/mol. The number of methoxy groups -OCH3 is 3. The molecule has 1 rings (SSSR count). The number of esters is 1. The van der Waals surface area contributed by atoms with Gasteiger partial charge in [0.1, 0.15) is 18.4 Å². The molecule has 0 aliphatic heterocycles. The first-order chi connectivity index (χ1) is 9.62. The fraction of sp³-hybridized carbons (Fsp3) is 0.429. The largest absolute Gasteiger partial charge is 0.496 e. The van der Waals surface area contributed by atoms with Crippen LogP contribution < -0.4 is 10.1 Å². The summed E-state index contributed by atoms with van der Waals surface area (Å²) in [5.74, 6) is -0.236. The zero-order valence-corrected chi connectivity index (χ0v) is 11.8. The predicted molar refractivity (Wildman–Crippen MR) is 72.5 cm³/mol. The van der Waals surface area contributed by atoms with Gasteiger partial charge in [0.15, 0.2) is 0 Å². The lowest BCUT2D eigenvalue weighted by atomic mass is 10.0. The maximum absolute atomic E-state index is 11.7. The van der Waals surface area contributed by atoms with Crippen molar-refractivity contribution in [1.29, 1.82) is 0 Å². The van der Waals surface area contributed by atoms with Crippen LogP contribution >= 0.6 is 0 Å². The van der Waals surface area contributed by atoms with E-state index in [9.17, 15) is 9.59 Å². The van der Waals surface area contributed by atoms with Crippen LogP contribution in [-0.2, 0) is 25.5 Å². The van der Waals surface area contributed by atoms with Crippen molar-refractivity contribution in [3.05, 3.63) is 29.8 Å². The van der Waals surface area contributed by atoms with Crippen LogP contribution in [0.5, 0.6) is 5.75 Å². The number of amides is 1. The van der Waals surface area contributed by atoms with Crippen LogP contribution in [0.3, 0.4) is 0 Å². The fourth-order valence-electron chi connectivity index (χ4n) is 1.79. The van der Waals surface area contributed by atoms with Crippen molar-refractivity contribution >= 4 is 11.9 Å². The Morgan fingerprint density at radius 1 is 1.20 bits per heavy atom. The number of rotatable bonds is 7. The van der Waals surface area contributed by atoms with Crippen molar-refractivity contribution in [2.75, 3.05) is 27.9 Å². The van der Waals surface area contributed by atoms with E-state index >= 15 is 0 Å². The van der Waals surface area contributed by atoms with Crippen LogP contribution in [0.15, 0.2) is 24.3 Å². The zero-order chi connectivity index (χ0) is 15.0. The second-order valence-electron chi connectivity index (χ2n) is 4.09. The van der Waals surface area contributed by atoms with E-state index in [1.54, 1.807) is 13.2 Å². The molecule has 1 amide bonds. The summed E-state index contributed by atoms with van der Waals surface area (Å²) < 4.78 is 14.6. The van der Waals surface area contributed by atoms with Gasteiger partial charge in [0.05, 0.1) is 14.2 Å². The van der Waals surface area contributed by atoms with Crippen molar-refractivity contribution in [2.45, 2.75) is 12.5 Å². The monoisotopic (exact) mass is 281 g/mol. The maximum atomic E-state index is 11.7. The highest BCUT2D eigenvalue weighted by molar-refractivity contribution is 5.85. The second-order valence-corrected chi connectivity index (χ2v) is 4.09. The van der Waals surface area contributed by atoms with Crippen molar-refractivity contribution in [3.8, 4) is 5.75 Å². The summed E-state index contributed by atoms with van der Waals surface area (Å²) in [5.41, 5.74) is 0.808. The molecule has 0 fully saturated rings. The van der Waals surface area contributed by atoms with E-state index < -0.39 is 12.0 Å². The summed E-state index contributed by atoms with van der Waals surface area (Å²) in [6.07, 6.45) is 0.284. The summed E-state index contributed by atoms with van der Waals surface area (Å²) in [6.45, 7) is -0.112. The molecule has 6 heteroatoms. The van der Waals surface area contributed by atoms with E-state index in [2.05, 4.69) is 5.32 Å². The summed E-state index contributed by atoms with van der Waals surface area (Å²) in [4.78, 5) is 23.3. The summed E-state index contributed by atoms with van der Waals surface area (Å²) in [5, 5.41) is 2.57. The summed E-state index contributed by atoms with van der Waals surface area (Å²) in [6, 6.07) is 6.51. The fourth-order valence-corrected chi connectivity index (χ4v) is 1.79. The molecule has 0 aliphatic rings. The molecule has 1 atom stereocenters. The Kier molecular flexibility index (Phi) is 6.52. The van der Waals surface area contributed by atoms with Crippen molar-refractivity contribution in [1.82, 2.24) is 5.32 Å². The Morgan fingerprint density at radius 2 is 1.90 bits per heavy atom. The van der Waals surface area contributed by atoms with Gasteiger partial charge in [-0.05, 0) is 11.6 Å². The van der Waals surface area contributed by atoms with E-state index in [0.717, 1.165) is 5.56 Å². The second kappa shape index (κ2) is 8.16. The average Bonchev–Trinajstić information content (AvgIpc) is 2.46.